The van der Waals surface area contributed by atoms with Gasteiger partial charge in [-0.15, -0.1) is 0 Å². The van der Waals surface area contributed by atoms with Crippen molar-refractivity contribution in [2.45, 2.75) is 52.7 Å². The van der Waals surface area contributed by atoms with E-state index in [0.717, 1.165) is 0 Å². The highest BCUT2D eigenvalue weighted by atomic mass is 16.5. The number of nitrogens with two attached hydrogens (primary N) is 1. The summed E-state index contributed by atoms with van der Waals surface area (Å²) >= 11 is 0. The van der Waals surface area contributed by atoms with Gasteiger partial charge in [0.15, 0.2) is 5.78 Å². The first-order valence-corrected chi connectivity index (χ1v) is 8.78. The van der Waals surface area contributed by atoms with Crippen molar-refractivity contribution < 1.29 is 14.3 Å². The second-order valence-electron chi connectivity index (χ2n) is 7.46. The number of Topliss-reactive ketones (excluding diaryl/α,β-unsaturated/α-hetero) is 1. The third-order valence-corrected chi connectivity index (χ3v) is 4.82. The second-order valence-corrected chi connectivity index (χ2v) is 7.46. The Labute approximate surface area is 153 Å². The fourth-order valence-corrected chi connectivity index (χ4v) is 3.75. The lowest BCUT2D eigenvalue weighted by Gasteiger charge is -2.37. The van der Waals surface area contributed by atoms with Gasteiger partial charge in [-0.1, -0.05) is 13.8 Å². The first-order chi connectivity index (χ1) is 12.3. The van der Waals surface area contributed by atoms with Gasteiger partial charge in [0.1, 0.15) is 23.6 Å². The lowest BCUT2D eigenvalue weighted by atomic mass is 9.71. The van der Waals surface area contributed by atoms with Gasteiger partial charge in [-0.2, -0.15) is 10.4 Å². The number of ether oxygens (including phenoxy) is 2. The molecule has 0 radical (unpaired) electrons. The molecule has 26 heavy (non-hydrogen) atoms. The van der Waals surface area contributed by atoms with Gasteiger partial charge in [-0.05, 0) is 25.3 Å². The molecule has 0 saturated heterocycles. The molecular weight excluding hydrogens is 332 g/mol. The number of nitriles is 1. The van der Waals surface area contributed by atoms with Crippen molar-refractivity contribution in [3.8, 4) is 6.07 Å². The molecular formula is C19H24N4O3. The van der Waals surface area contributed by atoms with E-state index in [-0.39, 0.29) is 28.9 Å². The Hall–Kier alpha value is -2.59. The predicted molar refractivity (Wildman–Crippen MR) is 94.3 cm³/mol. The summed E-state index contributed by atoms with van der Waals surface area (Å²) in [5, 5.41) is 14.0. The van der Waals surface area contributed by atoms with Crippen LogP contribution in [-0.2, 0) is 14.3 Å². The van der Waals surface area contributed by atoms with Crippen molar-refractivity contribution in [2.24, 2.45) is 11.1 Å². The average molecular weight is 356 g/mol. The largest absolute Gasteiger partial charge is 0.444 e. The SMILES string of the molecule is CCO[C@H](C)n1nccc1[C@H]1C(C#N)=C(N)OC2=C1C(=O)CC(C)(C)C2. The van der Waals surface area contributed by atoms with E-state index in [9.17, 15) is 10.1 Å². The van der Waals surface area contributed by atoms with Crippen molar-refractivity contribution in [2.75, 3.05) is 6.61 Å². The molecule has 0 bridgehead atoms. The monoisotopic (exact) mass is 356 g/mol. The normalized spacial score (nSPS) is 23.3. The maximum absolute atomic E-state index is 13.0. The van der Waals surface area contributed by atoms with E-state index < -0.39 is 5.92 Å². The van der Waals surface area contributed by atoms with Gasteiger partial charge < -0.3 is 15.2 Å². The molecule has 0 fully saturated rings. The number of rotatable bonds is 4. The first-order valence-electron chi connectivity index (χ1n) is 8.78. The average Bonchev–Trinajstić information content (AvgIpc) is 3.01. The fourth-order valence-electron chi connectivity index (χ4n) is 3.75. The highest BCUT2D eigenvalue weighted by molar-refractivity contribution is 5.99. The number of allylic oxidation sites excluding steroid dienone is 3. The molecule has 1 aliphatic carbocycles. The van der Waals surface area contributed by atoms with Gasteiger partial charge in [0.05, 0.1) is 11.6 Å². The van der Waals surface area contributed by atoms with Gasteiger partial charge in [-0.3, -0.25) is 4.79 Å². The lowest BCUT2D eigenvalue weighted by Crippen LogP contribution is -2.34. The number of aromatic nitrogens is 2. The maximum atomic E-state index is 13.0. The van der Waals surface area contributed by atoms with Crippen LogP contribution in [0.1, 0.15) is 58.4 Å². The van der Waals surface area contributed by atoms with Crippen LogP contribution in [0.3, 0.4) is 0 Å². The zero-order valence-corrected chi connectivity index (χ0v) is 15.6. The summed E-state index contributed by atoms with van der Waals surface area (Å²) in [5.74, 6) is 0.0131. The molecule has 3 rings (SSSR count). The second kappa shape index (κ2) is 6.61. The van der Waals surface area contributed by atoms with Gasteiger partial charge in [-0.25, -0.2) is 4.68 Å². The molecule has 7 heteroatoms. The van der Waals surface area contributed by atoms with Gasteiger partial charge in [0.25, 0.3) is 0 Å². The standard InChI is InChI=1S/C19H24N4O3/c1-5-25-11(2)23-13(6-7-22-23)16-12(10-20)18(21)26-15-9-19(3,4)8-14(24)17(15)16/h6-7,11,16H,5,8-9,21H2,1-4H3/t11-,16-/m1/s1. The zero-order chi connectivity index (χ0) is 19.1. The minimum Gasteiger partial charge on any atom is -0.444 e. The summed E-state index contributed by atoms with van der Waals surface area (Å²) in [6.45, 7) is 8.35. The van der Waals surface area contributed by atoms with Crippen molar-refractivity contribution in [1.29, 1.82) is 5.26 Å². The fraction of sp³-hybridized carbons (Fsp3) is 0.526. The highest BCUT2D eigenvalue weighted by Gasteiger charge is 2.44. The summed E-state index contributed by atoms with van der Waals surface area (Å²) in [7, 11) is 0. The maximum Gasteiger partial charge on any atom is 0.205 e. The molecule has 0 unspecified atom stereocenters. The molecule has 1 aromatic rings. The molecule has 2 heterocycles. The molecule has 7 nitrogen and oxygen atoms in total. The van der Waals surface area contributed by atoms with Crippen LogP contribution in [0, 0.1) is 16.7 Å². The quantitative estimate of drug-likeness (QED) is 0.890. The Kier molecular flexibility index (Phi) is 4.63. The summed E-state index contributed by atoms with van der Waals surface area (Å²) in [4.78, 5) is 13.0. The van der Waals surface area contributed by atoms with E-state index in [2.05, 4.69) is 11.2 Å². The Bertz CT molecular complexity index is 841. The van der Waals surface area contributed by atoms with Crippen LogP contribution in [0.15, 0.2) is 35.1 Å². The first kappa shape index (κ1) is 18.2. The van der Waals surface area contributed by atoms with Crippen LogP contribution >= 0.6 is 0 Å². The van der Waals surface area contributed by atoms with Crippen LogP contribution < -0.4 is 5.73 Å². The molecule has 0 spiro atoms. The van der Waals surface area contributed by atoms with Crippen LogP contribution in [-0.4, -0.2) is 22.2 Å². The van der Waals surface area contributed by atoms with E-state index in [1.165, 1.54) is 0 Å². The molecule has 138 valence electrons. The molecule has 2 N–H and O–H groups in total. The van der Waals surface area contributed by atoms with Crippen LogP contribution in [0.5, 0.6) is 0 Å². The van der Waals surface area contributed by atoms with Gasteiger partial charge in [0, 0.05) is 31.2 Å². The summed E-state index contributed by atoms with van der Waals surface area (Å²) in [6, 6.07) is 3.93. The van der Waals surface area contributed by atoms with Crippen molar-refractivity contribution in [3.05, 3.63) is 40.7 Å². The van der Waals surface area contributed by atoms with Crippen molar-refractivity contribution in [3.63, 3.8) is 0 Å². The Morgan fingerprint density at radius 2 is 2.27 bits per heavy atom. The van der Waals surface area contributed by atoms with E-state index in [4.69, 9.17) is 15.2 Å². The number of hydrogen-bond acceptors (Lipinski definition) is 6. The highest BCUT2D eigenvalue weighted by Crippen LogP contribution is 2.48. The number of hydrogen-bond donors (Lipinski definition) is 1. The van der Waals surface area contributed by atoms with Crippen molar-refractivity contribution in [1.82, 2.24) is 9.78 Å². The lowest BCUT2D eigenvalue weighted by molar-refractivity contribution is -0.119. The van der Waals surface area contributed by atoms with Crippen LogP contribution in [0.4, 0.5) is 0 Å². The van der Waals surface area contributed by atoms with E-state index in [1.54, 1.807) is 16.9 Å². The molecule has 1 aliphatic heterocycles. The van der Waals surface area contributed by atoms with Gasteiger partial charge >= 0.3 is 0 Å². The Balaban J connectivity index is 2.15. The molecule has 0 amide bonds. The Morgan fingerprint density at radius 1 is 1.54 bits per heavy atom. The van der Waals surface area contributed by atoms with Gasteiger partial charge in [0.2, 0.25) is 5.88 Å². The molecule has 2 atom stereocenters. The third-order valence-electron chi connectivity index (χ3n) is 4.82. The van der Waals surface area contributed by atoms with E-state index >= 15 is 0 Å². The number of ketones is 1. The van der Waals surface area contributed by atoms with Crippen LogP contribution in [0.2, 0.25) is 0 Å². The number of carbonyl (C=O) groups excluding carboxylic acids is 1. The number of carbonyl (C=O) groups is 1. The smallest absolute Gasteiger partial charge is 0.205 e. The summed E-state index contributed by atoms with van der Waals surface area (Å²) in [6.07, 6.45) is 2.31. The van der Waals surface area contributed by atoms with E-state index in [1.807, 2.05) is 27.7 Å². The van der Waals surface area contributed by atoms with Crippen LogP contribution in [0.25, 0.3) is 0 Å². The summed E-state index contributed by atoms with van der Waals surface area (Å²) in [5.41, 5.74) is 7.29. The zero-order valence-electron chi connectivity index (χ0n) is 15.6. The third kappa shape index (κ3) is 3.01. The Morgan fingerprint density at radius 3 is 2.92 bits per heavy atom. The van der Waals surface area contributed by atoms with Crippen molar-refractivity contribution >= 4 is 5.78 Å². The summed E-state index contributed by atoms with van der Waals surface area (Å²) < 4.78 is 13.1. The molecule has 0 aromatic carbocycles. The minimum absolute atomic E-state index is 0.0155. The minimum atomic E-state index is -0.585. The van der Waals surface area contributed by atoms with E-state index in [0.29, 0.717) is 36.5 Å². The topological polar surface area (TPSA) is 103 Å². The molecule has 0 saturated carbocycles. The molecule has 1 aromatic heterocycles. The molecule has 2 aliphatic rings. The number of nitrogens with zero attached hydrogens (tertiary/aromatic N) is 3. The predicted octanol–water partition coefficient (Wildman–Crippen LogP) is 2.89.